The molecule has 1 aromatic heterocycles. The summed E-state index contributed by atoms with van der Waals surface area (Å²) in [6.07, 6.45) is 7.08. The molecule has 2 aromatic rings. The monoisotopic (exact) mass is 340 g/mol. The molecule has 6 heteroatoms. The fraction of sp³-hybridized carbons (Fsp3) is 0.474. The fourth-order valence-electron chi connectivity index (χ4n) is 3.92. The Kier molecular flexibility index (Phi) is 4.44. The molecule has 132 valence electrons. The van der Waals surface area contributed by atoms with Gasteiger partial charge in [0, 0.05) is 24.3 Å². The maximum absolute atomic E-state index is 12.6. The molecule has 3 saturated heterocycles. The molecular formula is C19H24N4O2. The van der Waals surface area contributed by atoms with Crippen LogP contribution in [0, 0.1) is 5.92 Å². The second-order valence-corrected chi connectivity index (χ2v) is 7.03. The van der Waals surface area contributed by atoms with Crippen molar-refractivity contribution in [1.82, 2.24) is 20.0 Å². The highest BCUT2D eigenvalue weighted by Crippen LogP contribution is 2.27. The molecule has 3 aliphatic rings. The van der Waals surface area contributed by atoms with Crippen LogP contribution in [0.15, 0.2) is 36.7 Å². The lowest BCUT2D eigenvalue weighted by Crippen LogP contribution is -2.43. The summed E-state index contributed by atoms with van der Waals surface area (Å²) in [5.74, 6) is 1.53. The Balaban J connectivity index is 1.45. The SMILES string of the molecule is COc1cccc(-c2cnn(C(=O)NC3CC4CCN(CC4)C3)c2)c1. The number of piperidine rings is 1. The summed E-state index contributed by atoms with van der Waals surface area (Å²) in [6.45, 7) is 3.28. The number of nitrogens with one attached hydrogen (secondary N) is 1. The summed E-state index contributed by atoms with van der Waals surface area (Å²) in [6, 6.07) is 7.82. The number of ether oxygens (including phenoxy) is 1. The van der Waals surface area contributed by atoms with E-state index in [0.717, 1.165) is 35.8 Å². The average Bonchev–Trinajstić information content (AvgIpc) is 2.97. The highest BCUT2D eigenvalue weighted by molar-refractivity contribution is 5.78. The largest absolute Gasteiger partial charge is 0.497 e. The summed E-state index contributed by atoms with van der Waals surface area (Å²) < 4.78 is 6.66. The molecule has 6 nitrogen and oxygen atoms in total. The van der Waals surface area contributed by atoms with Crippen molar-refractivity contribution in [2.45, 2.75) is 25.3 Å². The molecule has 2 bridgehead atoms. The molecule has 0 saturated carbocycles. The smallest absolute Gasteiger partial charge is 0.342 e. The van der Waals surface area contributed by atoms with Gasteiger partial charge in [0.15, 0.2) is 0 Å². The summed E-state index contributed by atoms with van der Waals surface area (Å²) in [4.78, 5) is 15.0. The van der Waals surface area contributed by atoms with E-state index in [4.69, 9.17) is 4.74 Å². The van der Waals surface area contributed by atoms with E-state index in [1.54, 1.807) is 19.5 Å². The molecule has 5 rings (SSSR count). The van der Waals surface area contributed by atoms with Gasteiger partial charge in [-0.05, 0) is 56.0 Å². The van der Waals surface area contributed by atoms with Crippen LogP contribution in [0.3, 0.4) is 0 Å². The van der Waals surface area contributed by atoms with E-state index in [-0.39, 0.29) is 12.1 Å². The Morgan fingerprint density at radius 3 is 2.92 bits per heavy atom. The van der Waals surface area contributed by atoms with Crippen molar-refractivity contribution in [3.05, 3.63) is 36.7 Å². The first-order chi connectivity index (χ1) is 12.2. The summed E-state index contributed by atoms with van der Waals surface area (Å²) >= 11 is 0. The Bertz CT molecular complexity index is 735. The number of methoxy groups -OCH3 is 1. The van der Waals surface area contributed by atoms with E-state index in [2.05, 4.69) is 15.3 Å². The van der Waals surface area contributed by atoms with Gasteiger partial charge in [-0.25, -0.2) is 4.79 Å². The quantitative estimate of drug-likeness (QED) is 0.933. The van der Waals surface area contributed by atoms with Crippen LogP contribution in [0.1, 0.15) is 19.3 Å². The molecule has 3 fully saturated rings. The van der Waals surface area contributed by atoms with Crippen LogP contribution >= 0.6 is 0 Å². The topological polar surface area (TPSA) is 59.4 Å². The Morgan fingerprint density at radius 2 is 2.12 bits per heavy atom. The number of carbonyl (C=O) groups is 1. The molecule has 4 heterocycles. The minimum Gasteiger partial charge on any atom is -0.497 e. The van der Waals surface area contributed by atoms with Crippen molar-refractivity contribution in [2.24, 2.45) is 5.92 Å². The van der Waals surface area contributed by atoms with E-state index in [1.807, 2.05) is 24.3 Å². The molecule has 0 spiro atoms. The number of fused-ring (bicyclic) bond motifs is 4. The number of carbonyl (C=O) groups excluding carboxylic acids is 1. The third kappa shape index (κ3) is 3.54. The van der Waals surface area contributed by atoms with Gasteiger partial charge in [-0.3, -0.25) is 0 Å². The molecule has 1 amide bonds. The van der Waals surface area contributed by atoms with Gasteiger partial charge in [0.05, 0.1) is 13.3 Å². The van der Waals surface area contributed by atoms with Gasteiger partial charge < -0.3 is 15.0 Å². The van der Waals surface area contributed by atoms with Gasteiger partial charge in [-0.1, -0.05) is 12.1 Å². The molecule has 1 unspecified atom stereocenters. The van der Waals surface area contributed by atoms with E-state index in [9.17, 15) is 4.79 Å². The normalized spacial score (nSPS) is 25.4. The molecule has 1 N–H and O–H groups in total. The first-order valence-electron chi connectivity index (χ1n) is 8.93. The number of nitrogens with zero attached hydrogens (tertiary/aromatic N) is 3. The van der Waals surface area contributed by atoms with Gasteiger partial charge in [-0.15, -0.1) is 0 Å². The van der Waals surface area contributed by atoms with E-state index >= 15 is 0 Å². The van der Waals surface area contributed by atoms with Crippen molar-refractivity contribution in [3.63, 3.8) is 0 Å². The highest BCUT2D eigenvalue weighted by Gasteiger charge is 2.30. The lowest BCUT2D eigenvalue weighted by Gasteiger charge is -2.26. The van der Waals surface area contributed by atoms with Crippen LogP contribution in [-0.4, -0.2) is 53.5 Å². The van der Waals surface area contributed by atoms with Crippen molar-refractivity contribution in [2.75, 3.05) is 26.7 Å². The van der Waals surface area contributed by atoms with Crippen LogP contribution in [0.2, 0.25) is 0 Å². The number of aromatic nitrogens is 2. The van der Waals surface area contributed by atoms with Gasteiger partial charge in [-0.2, -0.15) is 9.78 Å². The maximum Gasteiger partial charge on any atom is 0.342 e. The van der Waals surface area contributed by atoms with Crippen molar-refractivity contribution in [3.8, 4) is 16.9 Å². The van der Waals surface area contributed by atoms with Gasteiger partial charge in [0.2, 0.25) is 0 Å². The van der Waals surface area contributed by atoms with E-state index < -0.39 is 0 Å². The molecule has 25 heavy (non-hydrogen) atoms. The molecule has 1 aromatic carbocycles. The molecule has 0 radical (unpaired) electrons. The van der Waals surface area contributed by atoms with Crippen LogP contribution in [-0.2, 0) is 0 Å². The highest BCUT2D eigenvalue weighted by atomic mass is 16.5. The minimum absolute atomic E-state index is 0.151. The predicted molar refractivity (Wildman–Crippen MR) is 95.7 cm³/mol. The molecular weight excluding hydrogens is 316 g/mol. The van der Waals surface area contributed by atoms with Crippen LogP contribution in [0.25, 0.3) is 11.1 Å². The summed E-state index contributed by atoms with van der Waals surface area (Å²) in [5, 5.41) is 7.40. The third-order valence-corrected chi connectivity index (χ3v) is 5.32. The molecule has 0 aliphatic carbocycles. The number of rotatable bonds is 3. The fourth-order valence-corrected chi connectivity index (χ4v) is 3.92. The first kappa shape index (κ1) is 16.1. The zero-order valence-corrected chi connectivity index (χ0v) is 14.5. The second kappa shape index (κ2) is 6.88. The Labute approximate surface area is 147 Å². The maximum atomic E-state index is 12.6. The van der Waals surface area contributed by atoms with Crippen molar-refractivity contribution < 1.29 is 9.53 Å². The Morgan fingerprint density at radius 1 is 1.28 bits per heavy atom. The zero-order valence-electron chi connectivity index (χ0n) is 14.5. The van der Waals surface area contributed by atoms with Gasteiger partial charge >= 0.3 is 6.03 Å². The lowest BCUT2D eigenvalue weighted by molar-refractivity contribution is 0.216. The lowest BCUT2D eigenvalue weighted by atomic mass is 9.94. The number of hydrogen-bond donors (Lipinski definition) is 1. The first-order valence-corrected chi connectivity index (χ1v) is 8.93. The van der Waals surface area contributed by atoms with Crippen LogP contribution in [0.5, 0.6) is 5.75 Å². The third-order valence-electron chi connectivity index (χ3n) is 5.32. The van der Waals surface area contributed by atoms with Gasteiger partial charge in [0.25, 0.3) is 0 Å². The second-order valence-electron chi connectivity index (χ2n) is 7.03. The summed E-state index contributed by atoms with van der Waals surface area (Å²) in [7, 11) is 1.64. The van der Waals surface area contributed by atoms with Crippen LogP contribution < -0.4 is 10.1 Å². The minimum atomic E-state index is -0.151. The standard InChI is InChI=1S/C19H24N4O2/c1-25-18-4-2-3-15(10-18)16-11-20-23(12-16)19(24)21-17-9-14-5-7-22(13-17)8-6-14/h2-4,10-12,14,17H,5-9,13H2,1H3,(H,21,24). The van der Waals surface area contributed by atoms with Crippen molar-refractivity contribution >= 4 is 6.03 Å². The average molecular weight is 340 g/mol. The number of hydrogen-bond acceptors (Lipinski definition) is 4. The zero-order chi connectivity index (χ0) is 17.2. The number of amides is 1. The predicted octanol–water partition coefficient (Wildman–Crippen LogP) is 2.60. The summed E-state index contributed by atoms with van der Waals surface area (Å²) in [5.41, 5.74) is 1.88. The van der Waals surface area contributed by atoms with Crippen molar-refractivity contribution in [1.29, 1.82) is 0 Å². The van der Waals surface area contributed by atoms with Gasteiger partial charge in [0.1, 0.15) is 5.75 Å². The molecule has 1 atom stereocenters. The Hall–Kier alpha value is -2.34. The van der Waals surface area contributed by atoms with E-state index in [0.29, 0.717) is 0 Å². The molecule has 3 aliphatic heterocycles. The number of benzene rings is 1. The van der Waals surface area contributed by atoms with E-state index in [1.165, 1.54) is 30.6 Å². The van der Waals surface area contributed by atoms with Crippen LogP contribution in [0.4, 0.5) is 4.79 Å².